The van der Waals surface area contributed by atoms with Gasteiger partial charge in [0.1, 0.15) is 0 Å². The smallest absolute Gasteiger partial charge is 0.0847 e. The van der Waals surface area contributed by atoms with E-state index in [2.05, 4.69) is 38.2 Å². The highest BCUT2D eigenvalue weighted by Crippen LogP contribution is 2.36. The van der Waals surface area contributed by atoms with Crippen molar-refractivity contribution >= 4 is 11.6 Å². The number of halogens is 1. The fraction of sp³-hybridized carbons (Fsp3) is 0.800. The molecule has 120 valence electrons. The molecular formula is C15H27ClN4O. The summed E-state index contributed by atoms with van der Waals surface area (Å²) in [7, 11) is 0. The Bertz CT molecular complexity index is 490. The maximum Gasteiger partial charge on any atom is 0.0847 e. The third-order valence-corrected chi connectivity index (χ3v) is 5.36. The average molecular weight is 315 g/mol. The van der Waals surface area contributed by atoms with E-state index >= 15 is 0 Å². The van der Waals surface area contributed by atoms with Crippen LogP contribution in [0.3, 0.4) is 0 Å². The molecule has 2 heterocycles. The van der Waals surface area contributed by atoms with Gasteiger partial charge in [-0.25, -0.2) is 0 Å². The van der Waals surface area contributed by atoms with Gasteiger partial charge in [-0.15, -0.1) is 0 Å². The number of nitrogens with zero attached hydrogens (tertiary/aromatic N) is 2. The molecule has 1 aromatic rings. The van der Waals surface area contributed by atoms with Crippen LogP contribution >= 0.6 is 11.6 Å². The number of ether oxygens (including phenoxy) is 1. The Balaban J connectivity index is 2.24. The molecule has 0 aliphatic carbocycles. The van der Waals surface area contributed by atoms with Gasteiger partial charge in [-0.2, -0.15) is 5.10 Å². The van der Waals surface area contributed by atoms with Crippen LogP contribution in [0.15, 0.2) is 0 Å². The number of aryl methyl sites for hydroxylation is 2. The summed E-state index contributed by atoms with van der Waals surface area (Å²) >= 11 is 6.42. The van der Waals surface area contributed by atoms with Crippen LogP contribution in [0.25, 0.3) is 0 Å². The normalized spacial score (nSPS) is 30.8. The van der Waals surface area contributed by atoms with E-state index in [-0.39, 0.29) is 18.2 Å². The van der Waals surface area contributed by atoms with Crippen molar-refractivity contribution in [3.63, 3.8) is 0 Å². The number of nitrogens with one attached hydrogen (secondary N) is 1. The molecule has 0 bridgehead atoms. The number of hydrazine groups is 1. The lowest BCUT2D eigenvalue weighted by Crippen LogP contribution is -2.47. The minimum Gasteiger partial charge on any atom is -0.375 e. The number of hydrogen-bond acceptors (Lipinski definition) is 4. The summed E-state index contributed by atoms with van der Waals surface area (Å²) in [4.78, 5) is 0. The summed E-state index contributed by atoms with van der Waals surface area (Å²) in [5.74, 6) is 6.66. The Kier molecular flexibility index (Phi) is 5.30. The molecule has 0 saturated carbocycles. The predicted octanol–water partition coefficient (Wildman–Crippen LogP) is 2.30. The van der Waals surface area contributed by atoms with Crippen LogP contribution in [0.5, 0.6) is 0 Å². The number of hydrogen-bond donors (Lipinski definition) is 2. The van der Waals surface area contributed by atoms with Crippen molar-refractivity contribution < 1.29 is 4.74 Å². The monoisotopic (exact) mass is 314 g/mol. The van der Waals surface area contributed by atoms with Crippen molar-refractivity contribution in [2.24, 2.45) is 17.7 Å². The van der Waals surface area contributed by atoms with Crippen molar-refractivity contribution in [1.82, 2.24) is 15.2 Å². The quantitative estimate of drug-likeness (QED) is 0.646. The molecule has 0 spiro atoms. The van der Waals surface area contributed by atoms with E-state index in [1.54, 1.807) is 0 Å². The van der Waals surface area contributed by atoms with Gasteiger partial charge in [0.15, 0.2) is 0 Å². The van der Waals surface area contributed by atoms with Gasteiger partial charge in [-0.3, -0.25) is 16.0 Å². The molecule has 5 atom stereocenters. The molecule has 1 saturated heterocycles. The minimum atomic E-state index is 0.124. The Morgan fingerprint density at radius 3 is 2.52 bits per heavy atom. The second kappa shape index (κ2) is 6.65. The molecule has 6 heteroatoms. The topological polar surface area (TPSA) is 65.1 Å². The average Bonchev–Trinajstić information content (AvgIpc) is 2.86. The highest BCUT2D eigenvalue weighted by molar-refractivity contribution is 6.31. The summed E-state index contributed by atoms with van der Waals surface area (Å²) in [6.45, 7) is 11.3. The Labute approximate surface area is 132 Å². The van der Waals surface area contributed by atoms with Crippen LogP contribution in [0.2, 0.25) is 5.02 Å². The first-order valence-corrected chi connectivity index (χ1v) is 8.11. The lowest BCUT2D eigenvalue weighted by Gasteiger charge is -2.28. The van der Waals surface area contributed by atoms with Crippen LogP contribution < -0.4 is 11.3 Å². The minimum absolute atomic E-state index is 0.124. The fourth-order valence-corrected chi connectivity index (χ4v) is 3.78. The van der Waals surface area contributed by atoms with E-state index in [4.69, 9.17) is 22.2 Å². The van der Waals surface area contributed by atoms with Crippen molar-refractivity contribution in [3.05, 3.63) is 16.4 Å². The molecule has 0 radical (unpaired) electrons. The second-order valence-electron chi connectivity index (χ2n) is 6.12. The Morgan fingerprint density at radius 1 is 1.38 bits per heavy atom. The van der Waals surface area contributed by atoms with E-state index in [1.807, 2.05) is 11.6 Å². The van der Waals surface area contributed by atoms with Crippen LogP contribution in [0.1, 0.15) is 39.1 Å². The summed E-state index contributed by atoms with van der Waals surface area (Å²) in [6, 6.07) is 0.124. The summed E-state index contributed by atoms with van der Waals surface area (Å²) < 4.78 is 7.92. The van der Waals surface area contributed by atoms with Gasteiger partial charge in [0.05, 0.1) is 28.6 Å². The first kappa shape index (κ1) is 16.7. The largest absolute Gasteiger partial charge is 0.375 e. The van der Waals surface area contributed by atoms with Crippen molar-refractivity contribution in [2.75, 3.05) is 0 Å². The maximum atomic E-state index is 6.42. The zero-order chi connectivity index (χ0) is 15.7. The highest BCUT2D eigenvalue weighted by Gasteiger charge is 2.41. The van der Waals surface area contributed by atoms with Crippen molar-refractivity contribution in [2.45, 2.75) is 65.8 Å². The molecular weight excluding hydrogens is 288 g/mol. The van der Waals surface area contributed by atoms with Crippen LogP contribution in [0, 0.1) is 18.8 Å². The molecule has 0 amide bonds. The second-order valence-corrected chi connectivity index (χ2v) is 6.50. The molecule has 5 unspecified atom stereocenters. The summed E-state index contributed by atoms with van der Waals surface area (Å²) in [5.41, 5.74) is 4.91. The van der Waals surface area contributed by atoms with Gasteiger partial charge in [-0.05, 0) is 33.6 Å². The van der Waals surface area contributed by atoms with E-state index in [0.29, 0.717) is 11.8 Å². The molecule has 5 nitrogen and oxygen atoms in total. The van der Waals surface area contributed by atoms with E-state index < -0.39 is 0 Å². The first-order valence-electron chi connectivity index (χ1n) is 7.74. The molecule has 21 heavy (non-hydrogen) atoms. The number of aromatic nitrogens is 2. The zero-order valence-electron chi connectivity index (χ0n) is 13.6. The molecule has 1 fully saturated rings. The van der Waals surface area contributed by atoms with E-state index in [1.165, 1.54) is 0 Å². The lowest BCUT2D eigenvalue weighted by molar-refractivity contribution is 0.0475. The molecule has 2 rings (SSSR count). The van der Waals surface area contributed by atoms with Gasteiger partial charge in [0.25, 0.3) is 0 Å². The third kappa shape index (κ3) is 3.11. The van der Waals surface area contributed by atoms with Crippen LogP contribution in [-0.2, 0) is 17.7 Å². The van der Waals surface area contributed by atoms with Crippen molar-refractivity contribution in [1.29, 1.82) is 0 Å². The standard InChI is InChI=1S/C15H27ClN4O/c1-6-20-13(15(16)9(3)19-20)7-12(18-17)14-8(2)10(4)21-11(14)5/h8,10-12,14,18H,6-7,17H2,1-5H3. The fourth-order valence-electron chi connectivity index (χ4n) is 3.57. The van der Waals surface area contributed by atoms with Gasteiger partial charge >= 0.3 is 0 Å². The number of nitrogens with two attached hydrogens (primary N) is 1. The van der Waals surface area contributed by atoms with Gasteiger partial charge < -0.3 is 4.74 Å². The molecule has 1 aliphatic heterocycles. The lowest BCUT2D eigenvalue weighted by atomic mass is 9.82. The van der Waals surface area contributed by atoms with E-state index in [0.717, 1.165) is 29.4 Å². The van der Waals surface area contributed by atoms with Crippen LogP contribution in [0.4, 0.5) is 0 Å². The zero-order valence-corrected chi connectivity index (χ0v) is 14.3. The van der Waals surface area contributed by atoms with Crippen LogP contribution in [-0.4, -0.2) is 28.0 Å². The first-order chi connectivity index (χ1) is 9.90. The van der Waals surface area contributed by atoms with Gasteiger partial charge in [-0.1, -0.05) is 18.5 Å². The third-order valence-electron chi connectivity index (χ3n) is 4.86. The number of rotatable bonds is 5. The Morgan fingerprint density at radius 2 is 2.05 bits per heavy atom. The van der Waals surface area contributed by atoms with E-state index in [9.17, 15) is 0 Å². The summed E-state index contributed by atoms with van der Waals surface area (Å²) in [5, 5.41) is 5.23. The SMILES string of the molecule is CCn1nc(C)c(Cl)c1CC(NN)C1C(C)OC(C)C1C. The highest BCUT2D eigenvalue weighted by atomic mass is 35.5. The maximum absolute atomic E-state index is 6.42. The molecule has 0 aromatic carbocycles. The van der Waals surface area contributed by atoms with Gasteiger partial charge in [0.2, 0.25) is 0 Å². The predicted molar refractivity (Wildman–Crippen MR) is 85.1 cm³/mol. The summed E-state index contributed by atoms with van der Waals surface area (Å²) in [6.07, 6.45) is 1.21. The van der Waals surface area contributed by atoms with Crippen molar-refractivity contribution in [3.8, 4) is 0 Å². The Hall–Kier alpha value is -0.620. The van der Waals surface area contributed by atoms with Gasteiger partial charge in [0, 0.05) is 24.9 Å². The molecule has 3 N–H and O–H groups in total. The molecule has 1 aromatic heterocycles. The molecule has 1 aliphatic rings.